The quantitative estimate of drug-likeness (QED) is 0.752. The van der Waals surface area contributed by atoms with Gasteiger partial charge in [0.1, 0.15) is 17.3 Å². The molecule has 0 radical (unpaired) electrons. The first-order valence-electron chi connectivity index (χ1n) is 9.14. The van der Waals surface area contributed by atoms with Crippen molar-refractivity contribution >= 4 is 16.9 Å². The van der Waals surface area contributed by atoms with Crippen LogP contribution in [0.2, 0.25) is 0 Å². The van der Waals surface area contributed by atoms with Gasteiger partial charge in [0.05, 0.1) is 37.7 Å². The molecule has 1 aliphatic rings. The van der Waals surface area contributed by atoms with Gasteiger partial charge in [0, 0.05) is 18.2 Å². The second-order valence-corrected chi connectivity index (χ2v) is 6.74. The van der Waals surface area contributed by atoms with Crippen LogP contribution in [-0.2, 0) is 11.2 Å². The number of carbonyl (C=O) groups is 1. The van der Waals surface area contributed by atoms with E-state index in [-0.39, 0.29) is 11.9 Å². The molecule has 3 aromatic rings. The van der Waals surface area contributed by atoms with Gasteiger partial charge in [0.25, 0.3) is 0 Å². The lowest BCUT2D eigenvalue weighted by molar-refractivity contribution is -0.131. The van der Waals surface area contributed by atoms with E-state index in [4.69, 9.17) is 14.5 Å². The molecule has 1 aliphatic heterocycles. The first-order chi connectivity index (χ1) is 13.2. The number of methoxy groups -OCH3 is 2. The van der Waals surface area contributed by atoms with Crippen molar-refractivity contribution in [2.45, 2.75) is 25.3 Å². The number of hydrogen-bond donors (Lipinski definition) is 1. The smallest absolute Gasteiger partial charge is 0.227 e. The maximum atomic E-state index is 13.0. The van der Waals surface area contributed by atoms with Gasteiger partial charge in [-0.2, -0.15) is 0 Å². The molecule has 6 heteroatoms. The van der Waals surface area contributed by atoms with Gasteiger partial charge in [0.2, 0.25) is 5.91 Å². The fourth-order valence-corrected chi connectivity index (χ4v) is 3.74. The third-order valence-corrected chi connectivity index (χ3v) is 5.13. The number of aromatic nitrogens is 2. The number of benzene rings is 2. The van der Waals surface area contributed by atoms with Gasteiger partial charge in [-0.15, -0.1) is 0 Å². The highest BCUT2D eigenvalue weighted by atomic mass is 16.5. The topological polar surface area (TPSA) is 67.5 Å². The van der Waals surface area contributed by atoms with Crippen LogP contribution in [0.3, 0.4) is 0 Å². The number of H-pyrrole nitrogens is 1. The Morgan fingerprint density at radius 3 is 2.85 bits per heavy atom. The van der Waals surface area contributed by atoms with Crippen molar-refractivity contribution in [1.29, 1.82) is 0 Å². The highest BCUT2D eigenvalue weighted by Crippen LogP contribution is 2.33. The van der Waals surface area contributed by atoms with Crippen molar-refractivity contribution in [3.05, 3.63) is 53.9 Å². The molecular weight excluding hydrogens is 342 g/mol. The molecule has 4 rings (SSSR count). The van der Waals surface area contributed by atoms with E-state index >= 15 is 0 Å². The monoisotopic (exact) mass is 365 g/mol. The molecule has 1 fully saturated rings. The minimum Gasteiger partial charge on any atom is -0.497 e. The highest BCUT2D eigenvalue weighted by Gasteiger charge is 2.32. The summed E-state index contributed by atoms with van der Waals surface area (Å²) in [6, 6.07) is 13.5. The Morgan fingerprint density at radius 1 is 1.22 bits per heavy atom. The molecule has 0 spiro atoms. The fourth-order valence-electron chi connectivity index (χ4n) is 3.74. The summed E-state index contributed by atoms with van der Waals surface area (Å²) in [5, 5.41) is 0. The maximum absolute atomic E-state index is 13.0. The Kier molecular flexibility index (Phi) is 4.71. The highest BCUT2D eigenvalue weighted by molar-refractivity contribution is 5.81. The molecular formula is C21H23N3O3. The molecule has 0 bridgehead atoms. The van der Waals surface area contributed by atoms with Crippen LogP contribution in [0.4, 0.5) is 0 Å². The summed E-state index contributed by atoms with van der Waals surface area (Å²) < 4.78 is 10.7. The Bertz CT molecular complexity index is 933. The van der Waals surface area contributed by atoms with Gasteiger partial charge in [-0.1, -0.05) is 18.2 Å². The molecule has 0 aliphatic carbocycles. The van der Waals surface area contributed by atoms with Crippen molar-refractivity contribution in [2.75, 3.05) is 20.8 Å². The van der Waals surface area contributed by atoms with Crippen molar-refractivity contribution in [3.8, 4) is 11.5 Å². The first-order valence-corrected chi connectivity index (χ1v) is 9.14. The van der Waals surface area contributed by atoms with Gasteiger partial charge in [-0.25, -0.2) is 4.98 Å². The first kappa shape index (κ1) is 17.4. The third-order valence-electron chi connectivity index (χ3n) is 5.13. The molecule has 1 aromatic heterocycles. The van der Waals surface area contributed by atoms with E-state index < -0.39 is 0 Å². The summed E-state index contributed by atoms with van der Waals surface area (Å²) in [6.45, 7) is 0.749. The normalized spacial score (nSPS) is 16.7. The summed E-state index contributed by atoms with van der Waals surface area (Å²) in [4.78, 5) is 23.0. The van der Waals surface area contributed by atoms with E-state index in [9.17, 15) is 4.79 Å². The van der Waals surface area contributed by atoms with E-state index in [2.05, 4.69) is 4.98 Å². The molecule has 1 atom stereocenters. The Labute approximate surface area is 158 Å². The van der Waals surface area contributed by atoms with Crippen LogP contribution >= 0.6 is 0 Å². The lowest BCUT2D eigenvalue weighted by Gasteiger charge is -2.23. The summed E-state index contributed by atoms with van der Waals surface area (Å²) in [6.07, 6.45) is 2.20. The average molecular weight is 365 g/mol. The van der Waals surface area contributed by atoms with Gasteiger partial charge in [-0.3, -0.25) is 4.79 Å². The van der Waals surface area contributed by atoms with Crippen molar-refractivity contribution in [2.24, 2.45) is 0 Å². The van der Waals surface area contributed by atoms with E-state index in [1.54, 1.807) is 14.2 Å². The van der Waals surface area contributed by atoms with Crippen LogP contribution in [0.25, 0.3) is 11.0 Å². The Morgan fingerprint density at radius 2 is 2.07 bits per heavy atom. The standard InChI is InChI=1S/C21H23N3O3/c1-26-15-10-9-14(19(13-15)27-2)12-20(25)24-11-5-8-18(24)21-22-16-6-3-4-7-17(16)23-21/h3-4,6-7,9-10,13,18H,5,8,11-12H2,1-2H3,(H,22,23)/t18-/m1/s1. The summed E-state index contributed by atoms with van der Waals surface area (Å²) in [5.74, 6) is 2.33. The SMILES string of the molecule is COc1ccc(CC(=O)N2CCC[C@@H]2c2nc3ccccc3[nH]2)c(OC)c1. The minimum absolute atomic E-state index is 0.00542. The second kappa shape index (κ2) is 7.31. The molecule has 1 N–H and O–H groups in total. The Hall–Kier alpha value is -3.02. The second-order valence-electron chi connectivity index (χ2n) is 6.74. The van der Waals surface area contributed by atoms with Gasteiger partial charge in [0.15, 0.2) is 0 Å². The minimum atomic E-state index is -0.00542. The van der Waals surface area contributed by atoms with Crippen LogP contribution in [0.1, 0.15) is 30.3 Å². The van der Waals surface area contributed by atoms with Gasteiger partial charge in [-0.05, 0) is 31.0 Å². The maximum Gasteiger partial charge on any atom is 0.227 e. The van der Waals surface area contributed by atoms with E-state index in [0.717, 1.165) is 41.8 Å². The molecule has 140 valence electrons. The number of nitrogens with one attached hydrogen (secondary N) is 1. The van der Waals surface area contributed by atoms with Crippen molar-refractivity contribution in [3.63, 3.8) is 0 Å². The van der Waals surface area contributed by atoms with Crippen LogP contribution in [0.15, 0.2) is 42.5 Å². The Balaban J connectivity index is 1.56. The molecule has 2 heterocycles. The predicted octanol–water partition coefficient (Wildman–Crippen LogP) is 3.49. The lowest BCUT2D eigenvalue weighted by atomic mass is 10.1. The van der Waals surface area contributed by atoms with E-state index in [1.165, 1.54) is 0 Å². The largest absolute Gasteiger partial charge is 0.497 e. The molecule has 1 amide bonds. The number of carbonyl (C=O) groups excluding carboxylic acids is 1. The molecule has 0 unspecified atom stereocenters. The van der Waals surface area contributed by atoms with Crippen LogP contribution < -0.4 is 9.47 Å². The summed E-state index contributed by atoms with van der Waals surface area (Å²) >= 11 is 0. The van der Waals surface area contributed by atoms with E-state index in [1.807, 2.05) is 47.4 Å². The molecule has 0 saturated carbocycles. The zero-order chi connectivity index (χ0) is 18.8. The summed E-state index contributed by atoms with van der Waals surface area (Å²) in [5.41, 5.74) is 2.80. The molecule has 1 saturated heterocycles. The molecule has 6 nitrogen and oxygen atoms in total. The molecule has 27 heavy (non-hydrogen) atoms. The summed E-state index contributed by atoms with van der Waals surface area (Å²) in [7, 11) is 3.22. The number of nitrogens with zero attached hydrogens (tertiary/aromatic N) is 2. The number of amides is 1. The van der Waals surface area contributed by atoms with Crippen molar-refractivity contribution < 1.29 is 14.3 Å². The van der Waals surface area contributed by atoms with Crippen LogP contribution in [0.5, 0.6) is 11.5 Å². The number of imidazole rings is 1. The fraction of sp³-hybridized carbons (Fsp3) is 0.333. The number of ether oxygens (including phenoxy) is 2. The predicted molar refractivity (Wildman–Crippen MR) is 103 cm³/mol. The third kappa shape index (κ3) is 3.35. The lowest BCUT2D eigenvalue weighted by Crippen LogP contribution is -2.32. The number of hydrogen-bond acceptors (Lipinski definition) is 4. The van der Waals surface area contributed by atoms with Crippen LogP contribution in [0, 0.1) is 0 Å². The van der Waals surface area contributed by atoms with Crippen LogP contribution in [-0.4, -0.2) is 41.5 Å². The average Bonchev–Trinajstić information content (AvgIpc) is 3.34. The van der Waals surface area contributed by atoms with E-state index in [0.29, 0.717) is 17.9 Å². The van der Waals surface area contributed by atoms with Gasteiger partial charge < -0.3 is 19.4 Å². The van der Waals surface area contributed by atoms with Gasteiger partial charge >= 0.3 is 0 Å². The number of para-hydroxylation sites is 2. The number of fused-ring (bicyclic) bond motifs is 1. The zero-order valence-electron chi connectivity index (χ0n) is 15.6. The zero-order valence-corrected chi connectivity index (χ0v) is 15.6. The number of rotatable bonds is 5. The molecule has 2 aromatic carbocycles. The van der Waals surface area contributed by atoms with Crippen molar-refractivity contribution in [1.82, 2.24) is 14.9 Å². The number of likely N-dealkylation sites (tertiary alicyclic amines) is 1. The number of aromatic amines is 1.